The van der Waals surface area contributed by atoms with Gasteiger partial charge in [0.25, 0.3) is 0 Å². The SMILES string of the molecule is CCC(=O)O.CCOC(=O)c1cccc(-c2c[nH]c3ccccc23)c1. The van der Waals surface area contributed by atoms with E-state index in [2.05, 4.69) is 11.1 Å². The summed E-state index contributed by atoms with van der Waals surface area (Å²) in [5, 5.41) is 8.87. The predicted octanol–water partition coefficient (Wildman–Crippen LogP) is 4.49. The van der Waals surface area contributed by atoms with Gasteiger partial charge >= 0.3 is 11.9 Å². The number of fused-ring (bicyclic) bond motifs is 1. The number of carbonyl (C=O) groups excluding carboxylic acids is 1. The molecule has 0 aliphatic carbocycles. The van der Waals surface area contributed by atoms with Crippen molar-refractivity contribution >= 4 is 22.8 Å². The summed E-state index contributed by atoms with van der Waals surface area (Å²) in [6.07, 6.45) is 2.19. The van der Waals surface area contributed by atoms with Gasteiger partial charge in [0.2, 0.25) is 0 Å². The molecule has 1 aromatic heterocycles. The zero-order valence-electron chi connectivity index (χ0n) is 14.3. The highest BCUT2D eigenvalue weighted by Crippen LogP contribution is 2.29. The van der Waals surface area contributed by atoms with Gasteiger partial charge in [-0.1, -0.05) is 37.3 Å². The zero-order valence-corrected chi connectivity index (χ0v) is 14.3. The molecular formula is C20H21NO4. The predicted molar refractivity (Wildman–Crippen MR) is 97.6 cm³/mol. The molecule has 5 nitrogen and oxygen atoms in total. The lowest BCUT2D eigenvalue weighted by atomic mass is 10.0. The quantitative estimate of drug-likeness (QED) is 0.686. The molecule has 0 unspecified atom stereocenters. The van der Waals surface area contributed by atoms with Crippen molar-refractivity contribution in [2.24, 2.45) is 0 Å². The first-order valence-electron chi connectivity index (χ1n) is 8.12. The lowest BCUT2D eigenvalue weighted by molar-refractivity contribution is -0.136. The van der Waals surface area contributed by atoms with Crippen molar-refractivity contribution < 1.29 is 19.4 Å². The van der Waals surface area contributed by atoms with E-state index in [-0.39, 0.29) is 12.4 Å². The summed E-state index contributed by atoms with van der Waals surface area (Å²) in [5.74, 6) is -1.03. The summed E-state index contributed by atoms with van der Waals surface area (Å²) in [7, 11) is 0. The van der Waals surface area contributed by atoms with Gasteiger partial charge in [0, 0.05) is 29.1 Å². The molecule has 0 fully saturated rings. The van der Waals surface area contributed by atoms with Crippen molar-refractivity contribution in [1.29, 1.82) is 0 Å². The molecule has 0 saturated carbocycles. The largest absolute Gasteiger partial charge is 0.481 e. The Morgan fingerprint density at radius 1 is 1.08 bits per heavy atom. The molecule has 0 atom stereocenters. The second-order valence-electron chi connectivity index (χ2n) is 5.30. The number of carboxylic acids is 1. The number of H-pyrrole nitrogens is 1. The summed E-state index contributed by atoms with van der Waals surface area (Å²) in [5.41, 5.74) is 3.76. The molecule has 1 heterocycles. The molecule has 5 heteroatoms. The molecule has 0 spiro atoms. The summed E-state index contributed by atoms with van der Waals surface area (Å²) in [6, 6.07) is 15.6. The number of para-hydroxylation sites is 1. The van der Waals surface area contributed by atoms with Gasteiger partial charge in [0.05, 0.1) is 12.2 Å². The van der Waals surface area contributed by atoms with E-state index in [1.54, 1.807) is 19.9 Å². The Hall–Kier alpha value is -3.08. The van der Waals surface area contributed by atoms with Crippen LogP contribution in [0.15, 0.2) is 54.7 Å². The first-order valence-corrected chi connectivity index (χ1v) is 8.12. The van der Waals surface area contributed by atoms with Crippen LogP contribution >= 0.6 is 0 Å². The third kappa shape index (κ3) is 4.70. The van der Waals surface area contributed by atoms with Gasteiger partial charge in [0.1, 0.15) is 0 Å². The van der Waals surface area contributed by atoms with E-state index in [0.29, 0.717) is 12.2 Å². The van der Waals surface area contributed by atoms with E-state index >= 15 is 0 Å². The molecule has 0 radical (unpaired) electrons. The standard InChI is InChI=1S/C17H15NO2.C3H6O2/c1-2-20-17(19)13-7-5-6-12(10-13)15-11-18-16-9-4-3-8-14(15)16;1-2-3(4)5/h3-11,18H,2H2,1H3;2H2,1H3,(H,4,5). The number of hydrogen-bond acceptors (Lipinski definition) is 3. The number of esters is 1. The van der Waals surface area contributed by atoms with Crippen LogP contribution in [0.4, 0.5) is 0 Å². The van der Waals surface area contributed by atoms with E-state index in [1.165, 1.54) is 0 Å². The third-order valence-corrected chi connectivity index (χ3v) is 3.58. The van der Waals surface area contributed by atoms with Gasteiger partial charge in [-0.05, 0) is 30.7 Å². The number of ether oxygens (including phenoxy) is 1. The first kappa shape index (κ1) is 18.3. The number of benzene rings is 2. The van der Waals surface area contributed by atoms with Crippen LogP contribution < -0.4 is 0 Å². The van der Waals surface area contributed by atoms with Crippen LogP contribution in [0.3, 0.4) is 0 Å². The van der Waals surface area contributed by atoms with Crippen molar-refractivity contribution in [3.8, 4) is 11.1 Å². The molecule has 3 rings (SSSR count). The van der Waals surface area contributed by atoms with Gasteiger partial charge in [-0.15, -0.1) is 0 Å². The number of aromatic amines is 1. The van der Waals surface area contributed by atoms with Crippen LogP contribution in [0, 0.1) is 0 Å². The van der Waals surface area contributed by atoms with Crippen molar-refractivity contribution in [3.05, 3.63) is 60.3 Å². The van der Waals surface area contributed by atoms with Gasteiger partial charge in [0.15, 0.2) is 0 Å². The van der Waals surface area contributed by atoms with Crippen LogP contribution in [0.25, 0.3) is 22.0 Å². The van der Waals surface area contributed by atoms with E-state index in [4.69, 9.17) is 9.84 Å². The fourth-order valence-corrected chi connectivity index (χ4v) is 2.34. The lowest BCUT2D eigenvalue weighted by Crippen LogP contribution is -2.04. The Balaban J connectivity index is 0.000000399. The molecule has 0 aliphatic rings. The maximum absolute atomic E-state index is 11.8. The van der Waals surface area contributed by atoms with Crippen LogP contribution in [0.1, 0.15) is 30.6 Å². The number of carboxylic acid groups (broad SMARTS) is 1. The molecule has 0 saturated heterocycles. The molecule has 0 bridgehead atoms. The maximum Gasteiger partial charge on any atom is 0.338 e. The van der Waals surface area contributed by atoms with Gasteiger partial charge in [-0.3, -0.25) is 4.79 Å². The minimum Gasteiger partial charge on any atom is -0.481 e. The Labute approximate surface area is 146 Å². The molecule has 130 valence electrons. The number of rotatable bonds is 4. The monoisotopic (exact) mass is 339 g/mol. The topological polar surface area (TPSA) is 79.4 Å². The molecule has 0 aliphatic heterocycles. The van der Waals surface area contributed by atoms with Crippen LogP contribution in [0.2, 0.25) is 0 Å². The smallest absolute Gasteiger partial charge is 0.338 e. The van der Waals surface area contributed by atoms with Crippen molar-refractivity contribution in [2.45, 2.75) is 20.3 Å². The second-order valence-corrected chi connectivity index (χ2v) is 5.30. The minimum atomic E-state index is -0.745. The molecule has 2 N–H and O–H groups in total. The molecular weight excluding hydrogens is 318 g/mol. The normalized spacial score (nSPS) is 10.0. The van der Waals surface area contributed by atoms with E-state index < -0.39 is 5.97 Å². The van der Waals surface area contributed by atoms with Crippen LogP contribution in [-0.2, 0) is 9.53 Å². The zero-order chi connectivity index (χ0) is 18.2. The fraction of sp³-hybridized carbons (Fsp3) is 0.200. The molecule has 25 heavy (non-hydrogen) atoms. The molecule has 0 amide bonds. The Morgan fingerprint density at radius 2 is 1.80 bits per heavy atom. The number of nitrogens with one attached hydrogen (secondary N) is 1. The summed E-state index contributed by atoms with van der Waals surface area (Å²) in [6.45, 7) is 3.79. The highest BCUT2D eigenvalue weighted by molar-refractivity contribution is 5.97. The van der Waals surface area contributed by atoms with Gasteiger partial charge < -0.3 is 14.8 Å². The van der Waals surface area contributed by atoms with Crippen LogP contribution in [-0.4, -0.2) is 28.6 Å². The van der Waals surface area contributed by atoms with Crippen molar-refractivity contribution in [3.63, 3.8) is 0 Å². The molecule has 2 aromatic carbocycles. The first-order chi connectivity index (χ1) is 12.1. The highest BCUT2D eigenvalue weighted by atomic mass is 16.5. The Morgan fingerprint density at radius 3 is 2.48 bits per heavy atom. The average molecular weight is 339 g/mol. The van der Waals surface area contributed by atoms with Crippen molar-refractivity contribution in [1.82, 2.24) is 4.98 Å². The minimum absolute atomic E-state index is 0.222. The van der Waals surface area contributed by atoms with Gasteiger partial charge in [-0.2, -0.15) is 0 Å². The summed E-state index contributed by atoms with van der Waals surface area (Å²) < 4.78 is 5.04. The number of hydrogen-bond donors (Lipinski definition) is 2. The lowest BCUT2D eigenvalue weighted by Gasteiger charge is -2.04. The number of aromatic nitrogens is 1. The number of carbonyl (C=O) groups is 2. The van der Waals surface area contributed by atoms with E-state index in [1.807, 2.05) is 42.6 Å². The van der Waals surface area contributed by atoms with Gasteiger partial charge in [-0.25, -0.2) is 4.79 Å². The molecule has 3 aromatic rings. The summed E-state index contributed by atoms with van der Waals surface area (Å²) in [4.78, 5) is 24.4. The third-order valence-electron chi connectivity index (χ3n) is 3.58. The summed E-state index contributed by atoms with van der Waals surface area (Å²) >= 11 is 0. The highest BCUT2D eigenvalue weighted by Gasteiger charge is 2.10. The number of aliphatic carboxylic acids is 1. The van der Waals surface area contributed by atoms with Crippen LogP contribution in [0.5, 0.6) is 0 Å². The second kappa shape index (κ2) is 8.68. The fourth-order valence-electron chi connectivity index (χ4n) is 2.34. The van der Waals surface area contributed by atoms with E-state index in [0.717, 1.165) is 22.0 Å². The average Bonchev–Trinajstić information content (AvgIpc) is 3.06. The Bertz CT molecular complexity index is 867. The Kier molecular flexibility index (Phi) is 6.34. The maximum atomic E-state index is 11.8. The van der Waals surface area contributed by atoms with E-state index in [9.17, 15) is 9.59 Å². The van der Waals surface area contributed by atoms with Crippen molar-refractivity contribution in [2.75, 3.05) is 6.61 Å².